The first-order chi connectivity index (χ1) is 9.40. The molecule has 6 nitrogen and oxygen atoms in total. The summed E-state index contributed by atoms with van der Waals surface area (Å²) in [5.41, 5.74) is 0.141. The Hall–Kier alpha value is -2.24. The van der Waals surface area contributed by atoms with Gasteiger partial charge in [0.25, 0.3) is 0 Å². The van der Waals surface area contributed by atoms with Crippen LogP contribution in [0.2, 0.25) is 0 Å². The maximum Gasteiger partial charge on any atom is 0.339 e. The van der Waals surface area contributed by atoms with E-state index in [1.54, 1.807) is 0 Å². The molecule has 0 aliphatic carbocycles. The number of carboxylic acid groups (broad SMARTS) is 1. The number of anilines is 1. The van der Waals surface area contributed by atoms with Gasteiger partial charge >= 0.3 is 12.0 Å². The SMILES string of the molecule is CC(C)CCCNC(=O)Nc1ccc(C(=O)O)c(O)c1. The van der Waals surface area contributed by atoms with E-state index >= 15 is 0 Å². The molecule has 0 saturated carbocycles. The van der Waals surface area contributed by atoms with Gasteiger partial charge in [-0.15, -0.1) is 0 Å². The molecule has 4 N–H and O–H groups in total. The van der Waals surface area contributed by atoms with Gasteiger partial charge in [0.15, 0.2) is 0 Å². The highest BCUT2D eigenvalue weighted by atomic mass is 16.4. The van der Waals surface area contributed by atoms with E-state index in [-0.39, 0.29) is 17.3 Å². The fourth-order valence-corrected chi connectivity index (χ4v) is 1.68. The van der Waals surface area contributed by atoms with Gasteiger partial charge in [-0.1, -0.05) is 13.8 Å². The number of nitrogens with one attached hydrogen (secondary N) is 2. The molecule has 0 spiro atoms. The molecule has 1 aromatic carbocycles. The van der Waals surface area contributed by atoms with Crippen LogP contribution in [0.15, 0.2) is 18.2 Å². The average Bonchev–Trinajstić information content (AvgIpc) is 2.34. The van der Waals surface area contributed by atoms with Gasteiger partial charge in [-0.2, -0.15) is 0 Å². The van der Waals surface area contributed by atoms with E-state index in [1.165, 1.54) is 18.2 Å². The monoisotopic (exact) mass is 280 g/mol. The second-order valence-electron chi connectivity index (χ2n) is 4.95. The topological polar surface area (TPSA) is 98.7 Å². The van der Waals surface area contributed by atoms with E-state index in [1.807, 2.05) is 0 Å². The summed E-state index contributed by atoms with van der Waals surface area (Å²) in [5, 5.41) is 23.5. The minimum atomic E-state index is -1.22. The van der Waals surface area contributed by atoms with E-state index < -0.39 is 5.97 Å². The number of carboxylic acids is 1. The molecule has 1 rings (SSSR count). The normalized spacial score (nSPS) is 10.3. The lowest BCUT2D eigenvalue weighted by molar-refractivity contribution is 0.0694. The molecule has 0 saturated heterocycles. The van der Waals surface area contributed by atoms with Crippen LogP contribution in [0.5, 0.6) is 5.75 Å². The lowest BCUT2D eigenvalue weighted by Crippen LogP contribution is -2.29. The standard InChI is InChI=1S/C14H20N2O4/c1-9(2)4-3-7-15-14(20)16-10-5-6-11(13(18)19)12(17)8-10/h5-6,8-9,17H,3-4,7H2,1-2H3,(H,18,19)(H2,15,16,20). The third-order valence-corrected chi connectivity index (χ3v) is 2.73. The molecule has 0 atom stereocenters. The van der Waals surface area contributed by atoms with Crippen molar-refractivity contribution in [1.82, 2.24) is 5.32 Å². The summed E-state index contributed by atoms with van der Waals surface area (Å²) in [7, 11) is 0. The van der Waals surface area contributed by atoms with Crippen LogP contribution in [-0.2, 0) is 0 Å². The summed E-state index contributed by atoms with van der Waals surface area (Å²) in [5.74, 6) is -0.998. The van der Waals surface area contributed by atoms with Crippen LogP contribution in [-0.4, -0.2) is 28.8 Å². The second kappa shape index (κ2) is 7.37. The van der Waals surface area contributed by atoms with Crippen molar-refractivity contribution in [3.63, 3.8) is 0 Å². The lowest BCUT2D eigenvalue weighted by atomic mass is 10.1. The number of benzene rings is 1. The van der Waals surface area contributed by atoms with E-state index in [0.29, 0.717) is 18.2 Å². The fourth-order valence-electron chi connectivity index (χ4n) is 1.68. The zero-order valence-corrected chi connectivity index (χ0v) is 11.6. The number of carbonyl (C=O) groups excluding carboxylic acids is 1. The number of carbonyl (C=O) groups is 2. The number of aromatic carboxylic acids is 1. The van der Waals surface area contributed by atoms with E-state index in [0.717, 1.165) is 12.8 Å². The highest BCUT2D eigenvalue weighted by Gasteiger charge is 2.10. The molecule has 6 heteroatoms. The molecule has 2 amide bonds. The third-order valence-electron chi connectivity index (χ3n) is 2.73. The van der Waals surface area contributed by atoms with Crippen LogP contribution in [0, 0.1) is 5.92 Å². The number of phenols is 1. The first-order valence-corrected chi connectivity index (χ1v) is 6.51. The molecular weight excluding hydrogens is 260 g/mol. The molecular formula is C14H20N2O4. The zero-order valence-electron chi connectivity index (χ0n) is 11.6. The van der Waals surface area contributed by atoms with Crippen molar-refractivity contribution in [1.29, 1.82) is 0 Å². The molecule has 0 unspecified atom stereocenters. The summed E-state index contributed by atoms with van der Waals surface area (Å²) in [6.45, 7) is 4.81. The van der Waals surface area contributed by atoms with Crippen LogP contribution in [0.25, 0.3) is 0 Å². The number of hydrogen-bond donors (Lipinski definition) is 4. The van der Waals surface area contributed by atoms with Crippen molar-refractivity contribution >= 4 is 17.7 Å². The lowest BCUT2D eigenvalue weighted by Gasteiger charge is -2.09. The maximum atomic E-state index is 11.6. The van der Waals surface area contributed by atoms with Crippen LogP contribution >= 0.6 is 0 Å². The molecule has 20 heavy (non-hydrogen) atoms. The molecule has 1 aromatic rings. The Morgan fingerprint density at radius 3 is 2.55 bits per heavy atom. The number of hydrogen-bond acceptors (Lipinski definition) is 3. The van der Waals surface area contributed by atoms with Gasteiger partial charge in [0, 0.05) is 18.3 Å². The van der Waals surface area contributed by atoms with Crippen LogP contribution in [0.1, 0.15) is 37.0 Å². The molecule has 110 valence electrons. The highest BCUT2D eigenvalue weighted by molar-refractivity contribution is 5.93. The Kier molecular flexibility index (Phi) is 5.83. The van der Waals surface area contributed by atoms with Crippen molar-refractivity contribution in [2.45, 2.75) is 26.7 Å². The van der Waals surface area contributed by atoms with E-state index in [9.17, 15) is 14.7 Å². The van der Waals surface area contributed by atoms with Gasteiger partial charge in [-0.3, -0.25) is 0 Å². The predicted molar refractivity (Wildman–Crippen MR) is 76.2 cm³/mol. The van der Waals surface area contributed by atoms with Gasteiger partial charge in [0.1, 0.15) is 11.3 Å². The van der Waals surface area contributed by atoms with Crippen molar-refractivity contribution in [3.8, 4) is 5.75 Å². The first kappa shape index (κ1) is 15.8. The van der Waals surface area contributed by atoms with E-state index in [4.69, 9.17) is 5.11 Å². The second-order valence-corrected chi connectivity index (χ2v) is 4.95. The third kappa shape index (κ3) is 5.17. The van der Waals surface area contributed by atoms with Gasteiger partial charge < -0.3 is 20.8 Å². The number of urea groups is 1. The minimum absolute atomic E-state index is 0.201. The van der Waals surface area contributed by atoms with Crippen LogP contribution in [0.3, 0.4) is 0 Å². The van der Waals surface area contributed by atoms with Gasteiger partial charge in [0.2, 0.25) is 0 Å². The Morgan fingerprint density at radius 2 is 2.00 bits per heavy atom. The highest BCUT2D eigenvalue weighted by Crippen LogP contribution is 2.21. The average molecular weight is 280 g/mol. The molecule has 0 heterocycles. The molecule has 0 radical (unpaired) electrons. The molecule has 0 bridgehead atoms. The summed E-state index contributed by atoms with van der Waals surface area (Å²) < 4.78 is 0. The number of aromatic hydroxyl groups is 1. The van der Waals surface area contributed by atoms with Crippen molar-refractivity contribution < 1.29 is 19.8 Å². The number of rotatable bonds is 6. The summed E-state index contributed by atoms with van der Waals surface area (Å²) in [4.78, 5) is 22.3. The summed E-state index contributed by atoms with van der Waals surface area (Å²) >= 11 is 0. The first-order valence-electron chi connectivity index (χ1n) is 6.51. The summed E-state index contributed by atoms with van der Waals surface area (Å²) in [6.07, 6.45) is 1.93. The maximum absolute atomic E-state index is 11.6. The van der Waals surface area contributed by atoms with Gasteiger partial charge in [-0.25, -0.2) is 9.59 Å². The largest absolute Gasteiger partial charge is 0.507 e. The number of amides is 2. The minimum Gasteiger partial charge on any atom is -0.507 e. The molecule has 0 aliphatic rings. The summed E-state index contributed by atoms with van der Waals surface area (Å²) in [6, 6.07) is 3.50. The Labute approximate surface area is 117 Å². The van der Waals surface area contributed by atoms with E-state index in [2.05, 4.69) is 24.5 Å². The van der Waals surface area contributed by atoms with Gasteiger partial charge in [-0.05, 0) is 30.9 Å². The quantitative estimate of drug-likeness (QED) is 0.602. The molecule has 0 aliphatic heterocycles. The fraction of sp³-hybridized carbons (Fsp3) is 0.429. The van der Waals surface area contributed by atoms with Crippen LogP contribution in [0.4, 0.5) is 10.5 Å². The molecule has 0 aromatic heterocycles. The van der Waals surface area contributed by atoms with Crippen molar-refractivity contribution in [2.24, 2.45) is 5.92 Å². The van der Waals surface area contributed by atoms with Gasteiger partial charge in [0.05, 0.1) is 0 Å². The smallest absolute Gasteiger partial charge is 0.339 e. The molecule has 0 fully saturated rings. The van der Waals surface area contributed by atoms with Crippen molar-refractivity contribution in [2.75, 3.05) is 11.9 Å². The Balaban J connectivity index is 2.46. The Morgan fingerprint density at radius 1 is 1.30 bits per heavy atom. The van der Waals surface area contributed by atoms with Crippen LogP contribution < -0.4 is 10.6 Å². The zero-order chi connectivity index (χ0) is 15.1. The Bertz CT molecular complexity index is 486. The predicted octanol–water partition coefficient (Wildman–Crippen LogP) is 2.65. The van der Waals surface area contributed by atoms with Crippen molar-refractivity contribution in [3.05, 3.63) is 23.8 Å².